The zero-order valence-corrected chi connectivity index (χ0v) is 16.9. The molecule has 11 heteroatoms. The van der Waals surface area contributed by atoms with Crippen LogP contribution in [0.4, 0.5) is 28.5 Å². The number of nitrogens with one attached hydrogen (secondary N) is 1. The van der Waals surface area contributed by atoms with Crippen molar-refractivity contribution in [2.75, 3.05) is 23.3 Å². The fraction of sp³-hybridized carbons (Fsp3) is 0.316. The van der Waals surface area contributed by atoms with E-state index in [0.29, 0.717) is 41.3 Å². The molecule has 0 bridgehead atoms. The van der Waals surface area contributed by atoms with Crippen molar-refractivity contribution in [3.8, 4) is 0 Å². The van der Waals surface area contributed by atoms with E-state index in [2.05, 4.69) is 15.3 Å². The normalized spacial score (nSPS) is 15.6. The summed E-state index contributed by atoms with van der Waals surface area (Å²) in [7, 11) is 0. The van der Waals surface area contributed by atoms with Gasteiger partial charge in [-0.3, -0.25) is 4.79 Å². The Morgan fingerprint density at radius 3 is 2.63 bits per heavy atom. The van der Waals surface area contributed by atoms with Crippen molar-refractivity contribution in [1.29, 1.82) is 0 Å². The van der Waals surface area contributed by atoms with Crippen LogP contribution in [-0.4, -0.2) is 29.0 Å². The Bertz CT molecular complexity index is 1100. The van der Waals surface area contributed by atoms with E-state index in [1.165, 1.54) is 23.5 Å². The molecule has 3 heterocycles. The van der Waals surface area contributed by atoms with Crippen molar-refractivity contribution < 1.29 is 22.4 Å². The Morgan fingerprint density at radius 2 is 1.97 bits per heavy atom. The number of carbonyl (C=O) groups is 1. The lowest BCUT2D eigenvalue weighted by atomic mass is 9.96. The molecule has 1 fully saturated rings. The van der Waals surface area contributed by atoms with Crippen LogP contribution in [0.2, 0.25) is 5.02 Å². The van der Waals surface area contributed by atoms with Gasteiger partial charge in [0.15, 0.2) is 5.13 Å². The van der Waals surface area contributed by atoms with E-state index in [0.717, 1.165) is 12.3 Å². The molecule has 0 atom stereocenters. The number of rotatable bonds is 3. The number of hydrogen-bond acceptors (Lipinski definition) is 5. The van der Waals surface area contributed by atoms with Crippen LogP contribution in [0, 0.1) is 11.7 Å². The topological polar surface area (TPSA) is 58.1 Å². The molecule has 1 aliphatic heterocycles. The molecular weight excluding hydrogens is 444 g/mol. The monoisotopic (exact) mass is 458 g/mol. The molecule has 2 aromatic heterocycles. The van der Waals surface area contributed by atoms with Gasteiger partial charge in [0, 0.05) is 25.2 Å². The second kappa shape index (κ2) is 7.99. The maximum atomic E-state index is 13.3. The summed E-state index contributed by atoms with van der Waals surface area (Å²) in [5.41, 5.74) is -0.296. The van der Waals surface area contributed by atoms with Gasteiger partial charge in [-0.2, -0.15) is 13.2 Å². The number of alkyl halides is 3. The first-order valence-electron chi connectivity index (χ1n) is 9.05. The van der Waals surface area contributed by atoms with Gasteiger partial charge in [-0.05, 0) is 37.1 Å². The van der Waals surface area contributed by atoms with Crippen LogP contribution in [0.1, 0.15) is 18.4 Å². The van der Waals surface area contributed by atoms with Gasteiger partial charge in [0.05, 0.1) is 20.8 Å². The fourth-order valence-electron chi connectivity index (χ4n) is 3.33. The first-order chi connectivity index (χ1) is 14.2. The summed E-state index contributed by atoms with van der Waals surface area (Å²) in [6, 6.07) is 5.08. The lowest BCUT2D eigenvalue weighted by Gasteiger charge is -2.32. The molecule has 1 aliphatic rings. The maximum absolute atomic E-state index is 13.3. The number of piperidine rings is 1. The molecule has 0 saturated carbocycles. The lowest BCUT2D eigenvalue weighted by molar-refractivity contribution is -0.137. The van der Waals surface area contributed by atoms with Crippen molar-refractivity contribution in [2.24, 2.45) is 5.92 Å². The van der Waals surface area contributed by atoms with Crippen LogP contribution in [-0.2, 0) is 11.0 Å². The molecule has 5 nitrogen and oxygen atoms in total. The summed E-state index contributed by atoms with van der Waals surface area (Å²) in [4.78, 5) is 22.5. The summed E-state index contributed by atoms with van der Waals surface area (Å²) >= 11 is 7.20. The highest BCUT2D eigenvalue weighted by atomic mass is 35.5. The Kier molecular flexibility index (Phi) is 5.54. The lowest BCUT2D eigenvalue weighted by Crippen LogP contribution is -2.38. The van der Waals surface area contributed by atoms with Gasteiger partial charge < -0.3 is 10.2 Å². The van der Waals surface area contributed by atoms with Gasteiger partial charge in [-0.15, -0.1) is 0 Å². The molecule has 30 heavy (non-hydrogen) atoms. The predicted molar refractivity (Wildman–Crippen MR) is 107 cm³/mol. The van der Waals surface area contributed by atoms with Crippen molar-refractivity contribution >= 4 is 50.0 Å². The number of pyridine rings is 1. The Morgan fingerprint density at radius 1 is 1.23 bits per heavy atom. The van der Waals surface area contributed by atoms with Crippen LogP contribution in [0.15, 0.2) is 30.5 Å². The Balaban J connectivity index is 1.38. The first-order valence-corrected chi connectivity index (χ1v) is 10.2. The molecule has 4 rings (SSSR count). The number of benzene rings is 1. The van der Waals surface area contributed by atoms with E-state index >= 15 is 0 Å². The summed E-state index contributed by atoms with van der Waals surface area (Å²) < 4.78 is 52.3. The van der Waals surface area contributed by atoms with E-state index in [1.54, 1.807) is 11.0 Å². The quantitative estimate of drug-likeness (QED) is 0.537. The minimum Gasteiger partial charge on any atom is -0.355 e. The summed E-state index contributed by atoms with van der Waals surface area (Å²) in [6.07, 6.45) is -2.77. The van der Waals surface area contributed by atoms with Crippen molar-refractivity contribution in [1.82, 2.24) is 9.97 Å². The third kappa shape index (κ3) is 4.34. The van der Waals surface area contributed by atoms with Crippen LogP contribution < -0.4 is 10.2 Å². The van der Waals surface area contributed by atoms with E-state index < -0.39 is 11.7 Å². The SMILES string of the molecule is O=C(Nc1nc2ccc(F)cc2s1)C1CCN(c2ncc(C(F)(F)F)cc2Cl)CC1. The minimum absolute atomic E-state index is 0.0746. The first kappa shape index (κ1) is 20.8. The van der Waals surface area contributed by atoms with E-state index in [1.807, 2.05) is 0 Å². The molecule has 1 amide bonds. The number of fused-ring (bicyclic) bond motifs is 1. The van der Waals surface area contributed by atoms with Crippen LogP contribution in [0.5, 0.6) is 0 Å². The molecule has 1 saturated heterocycles. The summed E-state index contributed by atoms with van der Waals surface area (Å²) in [5.74, 6) is -0.567. The highest BCUT2D eigenvalue weighted by molar-refractivity contribution is 7.22. The Labute approximate surface area is 177 Å². The molecule has 3 aromatic rings. The largest absolute Gasteiger partial charge is 0.417 e. The highest BCUT2D eigenvalue weighted by Crippen LogP contribution is 2.35. The van der Waals surface area contributed by atoms with Gasteiger partial charge in [0.1, 0.15) is 11.6 Å². The van der Waals surface area contributed by atoms with Gasteiger partial charge in [-0.1, -0.05) is 22.9 Å². The van der Waals surface area contributed by atoms with Crippen molar-refractivity contribution in [3.05, 3.63) is 46.9 Å². The smallest absolute Gasteiger partial charge is 0.355 e. The van der Waals surface area contributed by atoms with Crippen molar-refractivity contribution in [2.45, 2.75) is 19.0 Å². The second-order valence-electron chi connectivity index (χ2n) is 6.91. The van der Waals surface area contributed by atoms with E-state index in [4.69, 9.17) is 11.6 Å². The molecule has 158 valence electrons. The number of hydrogen-bond donors (Lipinski definition) is 1. The maximum Gasteiger partial charge on any atom is 0.417 e. The number of amides is 1. The summed E-state index contributed by atoms with van der Waals surface area (Å²) in [6.45, 7) is 0.864. The third-order valence-electron chi connectivity index (χ3n) is 4.89. The number of nitrogens with zero attached hydrogens (tertiary/aromatic N) is 3. The minimum atomic E-state index is -4.51. The zero-order chi connectivity index (χ0) is 21.5. The number of halogens is 5. The highest BCUT2D eigenvalue weighted by Gasteiger charge is 2.33. The van der Waals surface area contributed by atoms with Gasteiger partial charge in [0.25, 0.3) is 0 Å². The van der Waals surface area contributed by atoms with Crippen molar-refractivity contribution in [3.63, 3.8) is 0 Å². The van der Waals surface area contributed by atoms with Crippen LogP contribution >= 0.6 is 22.9 Å². The second-order valence-corrected chi connectivity index (χ2v) is 8.35. The average Bonchev–Trinajstić information content (AvgIpc) is 3.08. The molecular formula is C19H15ClF4N4OS. The predicted octanol–water partition coefficient (Wildman–Crippen LogP) is 5.36. The van der Waals surface area contributed by atoms with Crippen LogP contribution in [0.25, 0.3) is 10.2 Å². The molecule has 1 N–H and O–H groups in total. The Hall–Kier alpha value is -2.46. The fourth-order valence-corrected chi connectivity index (χ4v) is 4.51. The van der Waals surface area contributed by atoms with Gasteiger partial charge in [-0.25, -0.2) is 14.4 Å². The summed E-state index contributed by atoms with van der Waals surface area (Å²) in [5, 5.41) is 3.10. The molecule has 0 radical (unpaired) electrons. The van der Waals surface area contributed by atoms with Gasteiger partial charge >= 0.3 is 6.18 Å². The third-order valence-corrected chi connectivity index (χ3v) is 6.11. The number of thiazole rings is 1. The molecule has 0 spiro atoms. The number of carbonyl (C=O) groups excluding carboxylic acids is 1. The average molecular weight is 459 g/mol. The molecule has 0 aliphatic carbocycles. The van der Waals surface area contributed by atoms with E-state index in [9.17, 15) is 22.4 Å². The van der Waals surface area contributed by atoms with Gasteiger partial charge in [0.2, 0.25) is 5.91 Å². The number of aromatic nitrogens is 2. The standard InChI is InChI=1S/C19H15ClF4N4OS/c20-13-7-11(19(22,23)24)9-25-16(13)28-5-3-10(4-6-28)17(29)27-18-26-14-2-1-12(21)8-15(14)30-18/h1-2,7-10H,3-6H2,(H,26,27,29). The molecule has 0 unspecified atom stereocenters. The van der Waals surface area contributed by atoms with Crippen LogP contribution in [0.3, 0.4) is 0 Å². The number of anilines is 2. The van der Waals surface area contributed by atoms with E-state index in [-0.39, 0.29) is 28.5 Å². The molecule has 1 aromatic carbocycles. The zero-order valence-electron chi connectivity index (χ0n) is 15.3.